The molecule has 1 rings (SSSR count). The molecule has 0 radical (unpaired) electrons. The van der Waals surface area contributed by atoms with Gasteiger partial charge in [-0.3, -0.25) is 10.6 Å². The Bertz CT molecular complexity index is 811. The Balaban J connectivity index is 2.01. The molecule has 2 amide bonds. The summed E-state index contributed by atoms with van der Waals surface area (Å²) in [4.78, 5) is 29.0. The van der Waals surface area contributed by atoms with Gasteiger partial charge < -0.3 is 19.3 Å². The Hall–Kier alpha value is -2.32. The third-order valence-electron chi connectivity index (χ3n) is 9.00. The van der Waals surface area contributed by atoms with E-state index in [-0.39, 0.29) is 0 Å². The van der Waals surface area contributed by atoms with Crippen LogP contribution in [0, 0.1) is 0 Å². The Morgan fingerprint density at radius 1 is 0.458 bits per heavy atom. The van der Waals surface area contributed by atoms with E-state index in [1.165, 1.54) is 128 Å². The molecule has 278 valence electrons. The second kappa shape index (κ2) is 31.9. The summed E-state index contributed by atoms with van der Waals surface area (Å²) in [5.74, 6) is 0. The fourth-order valence-electron chi connectivity index (χ4n) is 5.91. The van der Waals surface area contributed by atoms with Gasteiger partial charge in [-0.15, -0.1) is 0 Å². The first-order valence-electron chi connectivity index (χ1n) is 19.8. The van der Waals surface area contributed by atoms with Crippen LogP contribution in [0.2, 0.25) is 0 Å². The van der Waals surface area contributed by atoms with Crippen molar-refractivity contribution >= 4 is 23.6 Å². The third-order valence-corrected chi connectivity index (χ3v) is 9.00. The highest BCUT2D eigenvalue weighted by molar-refractivity contribution is 5.87. The van der Waals surface area contributed by atoms with E-state index >= 15 is 0 Å². The van der Waals surface area contributed by atoms with Crippen LogP contribution in [0.15, 0.2) is 24.3 Å². The number of carbonyl (C=O) groups is 2. The standard InChI is InChI=1S/C40H74N4O4/c1-5-7-9-11-13-15-17-19-21-23-31-43(3)33-25-35-47-39(45)41-37-27-29-38(30-28-37)42-40(46)48-36-26-34-44(4)32-24-22-20-18-16-14-12-10-8-6-2/h27-30H,5-26,31-36H2,1-4H3,(H,41,45)(H,42,46). The van der Waals surface area contributed by atoms with Gasteiger partial charge in [-0.05, 0) is 77.1 Å². The minimum Gasteiger partial charge on any atom is -0.449 e. The first-order chi connectivity index (χ1) is 23.4. The van der Waals surface area contributed by atoms with Crippen molar-refractivity contribution in [3.63, 3.8) is 0 Å². The zero-order valence-electron chi connectivity index (χ0n) is 31.6. The van der Waals surface area contributed by atoms with Crippen LogP contribution < -0.4 is 10.6 Å². The number of hydrogen-bond acceptors (Lipinski definition) is 6. The predicted molar refractivity (Wildman–Crippen MR) is 204 cm³/mol. The summed E-state index contributed by atoms with van der Waals surface area (Å²) in [7, 11) is 4.27. The van der Waals surface area contributed by atoms with E-state index in [2.05, 4.69) is 48.4 Å². The lowest BCUT2D eigenvalue weighted by Gasteiger charge is -2.16. The molecule has 2 N–H and O–H groups in total. The number of unbranched alkanes of at least 4 members (excludes halogenated alkanes) is 18. The van der Waals surface area contributed by atoms with E-state index in [1.54, 1.807) is 24.3 Å². The number of nitrogens with one attached hydrogen (secondary N) is 2. The Morgan fingerprint density at radius 2 is 0.729 bits per heavy atom. The first kappa shape index (κ1) is 43.7. The topological polar surface area (TPSA) is 83.1 Å². The Kier molecular flexibility index (Phi) is 29.1. The normalized spacial score (nSPS) is 11.3. The lowest BCUT2D eigenvalue weighted by molar-refractivity contribution is 0.153. The van der Waals surface area contributed by atoms with Crippen molar-refractivity contribution in [2.24, 2.45) is 0 Å². The number of amides is 2. The molecule has 0 heterocycles. The molecule has 8 nitrogen and oxygen atoms in total. The van der Waals surface area contributed by atoms with E-state index in [1.807, 2.05) is 0 Å². The second-order valence-corrected chi connectivity index (χ2v) is 13.8. The average molecular weight is 675 g/mol. The first-order valence-corrected chi connectivity index (χ1v) is 19.8. The van der Waals surface area contributed by atoms with Gasteiger partial charge in [-0.25, -0.2) is 9.59 Å². The van der Waals surface area contributed by atoms with Gasteiger partial charge in [-0.2, -0.15) is 0 Å². The van der Waals surface area contributed by atoms with Gasteiger partial charge in [-0.1, -0.05) is 129 Å². The number of anilines is 2. The van der Waals surface area contributed by atoms with Crippen LogP contribution in [0.4, 0.5) is 21.0 Å². The van der Waals surface area contributed by atoms with E-state index in [0.717, 1.165) is 39.0 Å². The molecule has 0 aromatic heterocycles. The maximum absolute atomic E-state index is 12.2. The molecule has 8 heteroatoms. The molecule has 0 saturated heterocycles. The molecule has 0 spiro atoms. The second-order valence-electron chi connectivity index (χ2n) is 13.8. The van der Waals surface area contributed by atoms with Crippen molar-refractivity contribution in [1.82, 2.24) is 9.80 Å². The lowest BCUT2D eigenvalue weighted by atomic mass is 10.1. The number of ether oxygens (including phenoxy) is 2. The molecule has 0 fully saturated rings. The molecular formula is C40H74N4O4. The monoisotopic (exact) mass is 675 g/mol. The Morgan fingerprint density at radius 3 is 1.04 bits per heavy atom. The molecule has 1 aromatic carbocycles. The smallest absolute Gasteiger partial charge is 0.411 e. The molecule has 0 aliphatic rings. The number of rotatable bonds is 32. The summed E-state index contributed by atoms with van der Waals surface area (Å²) in [6, 6.07) is 6.94. The SMILES string of the molecule is CCCCCCCCCCCCN(C)CCCOC(=O)Nc1ccc(NC(=O)OCCCN(C)CCCCCCCCCCCC)cc1. The number of hydrogen-bond donors (Lipinski definition) is 2. The zero-order valence-corrected chi connectivity index (χ0v) is 31.6. The van der Waals surface area contributed by atoms with E-state index in [0.29, 0.717) is 24.6 Å². The van der Waals surface area contributed by atoms with E-state index < -0.39 is 12.2 Å². The predicted octanol–water partition coefficient (Wildman–Crippen LogP) is 11.3. The van der Waals surface area contributed by atoms with Gasteiger partial charge in [0.1, 0.15) is 0 Å². The highest BCUT2D eigenvalue weighted by Gasteiger charge is 2.07. The Labute approximate surface area is 295 Å². The maximum Gasteiger partial charge on any atom is 0.411 e. The van der Waals surface area contributed by atoms with Crippen molar-refractivity contribution < 1.29 is 19.1 Å². The molecule has 0 saturated carbocycles. The van der Waals surface area contributed by atoms with Crippen LogP contribution in [0.25, 0.3) is 0 Å². The van der Waals surface area contributed by atoms with E-state index in [4.69, 9.17) is 9.47 Å². The van der Waals surface area contributed by atoms with Gasteiger partial charge in [0, 0.05) is 24.5 Å². The van der Waals surface area contributed by atoms with Crippen LogP contribution in [0.1, 0.15) is 155 Å². The summed E-state index contributed by atoms with van der Waals surface area (Å²) in [6.07, 6.45) is 27.7. The van der Waals surface area contributed by atoms with Crippen LogP contribution >= 0.6 is 0 Å². The van der Waals surface area contributed by atoms with Crippen LogP contribution in [-0.4, -0.2) is 75.5 Å². The molecule has 48 heavy (non-hydrogen) atoms. The molecular weight excluding hydrogens is 600 g/mol. The molecule has 0 bridgehead atoms. The van der Waals surface area contributed by atoms with Crippen molar-refractivity contribution in [2.75, 3.05) is 64.1 Å². The van der Waals surface area contributed by atoms with E-state index in [9.17, 15) is 9.59 Å². The van der Waals surface area contributed by atoms with Gasteiger partial charge in [0.25, 0.3) is 0 Å². The number of benzene rings is 1. The number of nitrogens with zero attached hydrogens (tertiary/aromatic N) is 2. The largest absolute Gasteiger partial charge is 0.449 e. The molecule has 0 atom stereocenters. The van der Waals surface area contributed by atoms with Gasteiger partial charge in [0.05, 0.1) is 13.2 Å². The zero-order chi connectivity index (χ0) is 34.9. The van der Waals surface area contributed by atoms with Gasteiger partial charge in [0.15, 0.2) is 0 Å². The fourth-order valence-corrected chi connectivity index (χ4v) is 5.91. The summed E-state index contributed by atoms with van der Waals surface area (Å²) >= 11 is 0. The van der Waals surface area contributed by atoms with Crippen LogP contribution in [-0.2, 0) is 9.47 Å². The van der Waals surface area contributed by atoms with Crippen molar-refractivity contribution in [3.8, 4) is 0 Å². The molecule has 0 aliphatic heterocycles. The molecule has 0 unspecified atom stereocenters. The maximum atomic E-state index is 12.2. The van der Waals surface area contributed by atoms with Crippen molar-refractivity contribution in [1.29, 1.82) is 0 Å². The number of carbonyl (C=O) groups excluding carboxylic acids is 2. The minimum atomic E-state index is -0.467. The highest BCUT2D eigenvalue weighted by Crippen LogP contribution is 2.15. The third kappa shape index (κ3) is 27.6. The lowest BCUT2D eigenvalue weighted by Crippen LogP contribution is -2.23. The highest BCUT2D eigenvalue weighted by atomic mass is 16.6. The fraction of sp³-hybridized carbons (Fsp3) is 0.800. The quantitative estimate of drug-likeness (QED) is 0.0740. The van der Waals surface area contributed by atoms with Gasteiger partial charge >= 0.3 is 12.2 Å². The van der Waals surface area contributed by atoms with Crippen molar-refractivity contribution in [3.05, 3.63) is 24.3 Å². The molecule has 0 aliphatic carbocycles. The van der Waals surface area contributed by atoms with Crippen LogP contribution in [0.3, 0.4) is 0 Å². The minimum absolute atomic E-state index is 0.384. The molecule has 1 aromatic rings. The van der Waals surface area contributed by atoms with Crippen LogP contribution in [0.5, 0.6) is 0 Å². The van der Waals surface area contributed by atoms with Gasteiger partial charge in [0.2, 0.25) is 0 Å². The summed E-state index contributed by atoms with van der Waals surface area (Å²) in [5.41, 5.74) is 1.23. The summed E-state index contributed by atoms with van der Waals surface area (Å²) < 4.78 is 10.7. The van der Waals surface area contributed by atoms with Crippen molar-refractivity contribution in [2.45, 2.75) is 155 Å². The summed E-state index contributed by atoms with van der Waals surface area (Å²) in [5, 5.41) is 5.50. The average Bonchev–Trinajstić information content (AvgIpc) is 3.07. The summed E-state index contributed by atoms with van der Waals surface area (Å²) in [6.45, 7) is 9.31.